The maximum Gasteiger partial charge on any atom is 0.293 e. The largest absolute Gasteiger partial charge is 0.464 e. The first-order valence-electron chi connectivity index (χ1n) is 3.74. The zero-order valence-corrected chi connectivity index (χ0v) is 7.67. The predicted octanol–water partition coefficient (Wildman–Crippen LogP) is 1.61. The molecule has 5 nitrogen and oxygen atoms in total. The highest BCUT2D eigenvalue weighted by atomic mass is 16.5. The van der Waals surface area contributed by atoms with Crippen molar-refractivity contribution in [3.05, 3.63) is 0 Å². The Kier molecular flexibility index (Phi) is 43.1. The highest BCUT2D eigenvalue weighted by Gasteiger charge is 1.96. The summed E-state index contributed by atoms with van der Waals surface area (Å²) in [6, 6.07) is 0. The molecule has 5 heteroatoms. The van der Waals surface area contributed by atoms with Crippen molar-refractivity contribution in [2.24, 2.45) is 0 Å². The summed E-state index contributed by atoms with van der Waals surface area (Å²) in [5.41, 5.74) is 0. The molecule has 2 unspecified atom stereocenters. The molecule has 0 aromatic carbocycles. The van der Waals surface area contributed by atoms with Gasteiger partial charge in [-0.2, -0.15) is 0 Å². The van der Waals surface area contributed by atoms with Crippen molar-refractivity contribution in [3.63, 3.8) is 0 Å². The quantitative estimate of drug-likeness (QED) is 0.736. The van der Waals surface area contributed by atoms with Gasteiger partial charge in [-0.25, -0.2) is 0 Å². The van der Waals surface area contributed by atoms with Crippen LogP contribution in [0.1, 0.15) is 42.5 Å². The van der Waals surface area contributed by atoms with Gasteiger partial charge in [0.1, 0.15) is 24.8 Å². The van der Waals surface area contributed by atoms with Crippen LogP contribution in [0.2, 0.25) is 0 Å². The summed E-state index contributed by atoms with van der Waals surface area (Å²) in [5.74, 6) is 0. The van der Waals surface area contributed by atoms with Gasteiger partial charge in [-0.05, 0) is 13.8 Å². The van der Waals surface area contributed by atoms with E-state index in [0.29, 0.717) is 19.0 Å². The lowest BCUT2D eigenvalue weighted by Gasteiger charge is -2.01. The van der Waals surface area contributed by atoms with E-state index in [2.05, 4.69) is 4.74 Å². The molecule has 0 aliphatic carbocycles. The van der Waals surface area contributed by atoms with Crippen LogP contribution in [-0.2, 0) is 19.1 Å². The Balaban J connectivity index is -0.0000000454. The van der Waals surface area contributed by atoms with Crippen LogP contribution in [0.25, 0.3) is 0 Å². The van der Waals surface area contributed by atoms with Crippen LogP contribution in [0.3, 0.4) is 0 Å². The first-order chi connectivity index (χ1) is 6.08. The Morgan fingerprint density at radius 3 is 1.69 bits per heavy atom. The molecule has 0 rings (SSSR count). The number of aldehydes is 2. The van der Waals surface area contributed by atoms with Crippen LogP contribution in [0.5, 0.6) is 0 Å². The molecule has 1 N–H and O–H groups in total. The van der Waals surface area contributed by atoms with Gasteiger partial charge in [-0.1, -0.05) is 22.3 Å². The number of hydrogen-bond donors (Lipinski definition) is 1. The minimum Gasteiger partial charge on any atom is -0.464 e. The Hall–Kier alpha value is -1.23. The fraction of sp³-hybridized carbons (Fsp3) is 0.727. The van der Waals surface area contributed by atoms with Crippen molar-refractivity contribution in [1.29, 1.82) is 0 Å². The third-order valence-electron chi connectivity index (χ3n) is 0.913. The molecular weight excluding hydrogens is 212 g/mol. The van der Waals surface area contributed by atoms with E-state index in [1.807, 2.05) is 0 Å². The number of aliphatic hydroxyl groups is 1. The van der Waals surface area contributed by atoms with Gasteiger partial charge in [-0.3, -0.25) is 4.79 Å². The van der Waals surface area contributed by atoms with Crippen molar-refractivity contribution in [1.82, 2.24) is 0 Å². The number of aliphatic hydroxyl groups excluding tert-OH is 1. The first-order valence-corrected chi connectivity index (χ1v) is 3.74. The van der Waals surface area contributed by atoms with Crippen LogP contribution in [0.15, 0.2) is 0 Å². The lowest BCUT2D eigenvalue weighted by molar-refractivity contribution is -0.133. The van der Waals surface area contributed by atoms with Crippen LogP contribution < -0.4 is 0 Å². The second kappa shape index (κ2) is 23.5. The van der Waals surface area contributed by atoms with E-state index in [1.54, 1.807) is 6.92 Å². The summed E-state index contributed by atoms with van der Waals surface area (Å²) in [6.45, 7) is 3.41. The normalized spacial score (nSPS) is 10.4. The standard InChI is InChI=1S/C5H8O3.C3H6O2.3CH4/c1-5(2-3-6)8-4-7;1-3(5)2-4;;;/h3-5H,2H2,1H3;2-3,5H,1H3;3*1H4. The van der Waals surface area contributed by atoms with E-state index in [0.717, 1.165) is 0 Å². The summed E-state index contributed by atoms with van der Waals surface area (Å²) >= 11 is 0. The number of ether oxygens (including phenoxy) is 1. The smallest absolute Gasteiger partial charge is 0.293 e. The third kappa shape index (κ3) is 38.6. The average molecular weight is 238 g/mol. The molecule has 2 atom stereocenters. The fourth-order valence-electron chi connectivity index (χ4n) is 0.286. The third-order valence-corrected chi connectivity index (χ3v) is 0.913. The van der Waals surface area contributed by atoms with Crippen molar-refractivity contribution >= 4 is 19.0 Å². The molecule has 0 heterocycles. The average Bonchev–Trinajstić information content (AvgIpc) is 2.06. The Labute approximate surface area is 98.8 Å². The molecule has 0 spiro atoms. The number of carbonyl (C=O) groups excluding carboxylic acids is 3. The molecule has 0 aliphatic rings. The molecule has 100 valence electrons. The van der Waals surface area contributed by atoms with Gasteiger partial charge in [0, 0.05) is 6.42 Å². The number of hydrogen-bond acceptors (Lipinski definition) is 5. The number of rotatable bonds is 5. The van der Waals surface area contributed by atoms with E-state index in [9.17, 15) is 14.4 Å². The van der Waals surface area contributed by atoms with E-state index in [4.69, 9.17) is 5.11 Å². The summed E-state index contributed by atoms with van der Waals surface area (Å²) < 4.78 is 4.37. The van der Waals surface area contributed by atoms with Gasteiger partial charge in [0.15, 0.2) is 0 Å². The molecule has 0 fully saturated rings. The predicted molar refractivity (Wildman–Crippen MR) is 65.2 cm³/mol. The SMILES string of the molecule is C.C.C.CC(CC=O)OC=O.CC(O)C=O. The molecule has 0 aliphatic heterocycles. The summed E-state index contributed by atoms with van der Waals surface area (Å²) in [4.78, 5) is 28.5. The van der Waals surface area contributed by atoms with Crippen molar-refractivity contribution < 1.29 is 24.2 Å². The molecule has 0 amide bonds. The lowest BCUT2D eigenvalue weighted by atomic mass is 10.3. The van der Waals surface area contributed by atoms with E-state index in [-0.39, 0.29) is 34.8 Å². The van der Waals surface area contributed by atoms with Gasteiger partial charge in [-0.15, -0.1) is 0 Å². The van der Waals surface area contributed by atoms with Crippen LogP contribution in [0, 0.1) is 0 Å². The van der Waals surface area contributed by atoms with Crippen molar-refractivity contribution in [3.8, 4) is 0 Å². The summed E-state index contributed by atoms with van der Waals surface area (Å²) in [5, 5.41) is 7.99. The van der Waals surface area contributed by atoms with Crippen LogP contribution in [0.4, 0.5) is 0 Å². The second-order valence-electron chi connectivity index (χ2n) is 2.32. The van der Waals surface area contributed by atoms with Gasteiger partial charge in [0.2, 0.25) is 0 Å². The first kappa shape index (κ1) is 29.3. The Bertz CT molecular complexity index is 135. The minimum atomic E-state index is -0.796. The van der Waals surface area contributed by atoms with E-state index >= 15 is 0 Å². The Morgan fingerprint density at radius 1 is 1.12 bits per heavy atom. The topological polar surface area (TPSA) is 80.7 Å². The van der Waals surface area contributed by atoms with Gasteiger partial charge in [0.05, 0.1) is 0 Å². The summed E-state index contributed by atoms with van der Waals surface area (Å²) in [6.07, 6.45) is 0.396. The monoisotopic (exact) mass is 238 g/mol. The molecule has 0 bridgehead atoms. The maximum atomic E-state index is 9.69. The molecule has 0 saturated carbocycles. The number of carbonyl (C=O) groups is 3. The molecule has 0 radical (unpaired) electrons. The minimum absolute atomic E-state index is 0. The van der Waals surface area contributed by atoms with Crippen molar-refractivity contribution in [2.75, 3.05) is 0 Å². The molecule has 0 aromatic rings. The highest BCUT2D eigenvalue weighted by molar-refractivity contribution is 5.54. The fourth-order valence-corrected chi connectivity index (χ4v) is 0.286. The molecular formula is C11H26O5. The summed E-state index contributed by atoms with van der Waals surface area (Å²) in [7, 11) is 0. The van der Waals surface area contributed by atoms with Crippen LogP contribution in [-0.4, -0.2) is 36.4 Å². The zero-order valence-electron chi connectivity index (χ0n) is 7.67. The molecule has 16 heavy (non-hydrogen) atoms. The molecule has 0 aromatic heterocycles. The van der Waals surface area contributed by atoms with Crippen LogP contribution >= 0.6 is 0 Å². The second-order valence-corrected chi connectivity index (χ2v) is 2.32. The highest BCUT2D eigenvalue weighted by Crippen LogP contribution is 1.89. The van der Waals surface area contributed by atoms with Gasteiger partial charge in [0.25, 0.3) is 6.47 Å². The van der Waals surface area contributed by atoms with Crippen molar-refractivity contribution in [2.45, 2.75) is 54.8 Å². The van der Waals surface area contributed by atoms with Gasteiger partial charge < -0.3 is 19.4 Å². The Morgan fingerprint density at radius 2 is 1.50 bits per heavy atom. The lowest BCUT2D eigenvalue weighted by Crippen LogP contribution is -2.06. The molecule has 0 saturated heterocycles. The van der Waals surface area contributed by atoms with E-state index in [1.165, 1.54) is 6.92 Å². The maximum absolute atomic E-state index is 9.69. The van der Waals surface area contributed by atoms with Gasteiger partial charge >= 0.3 is 0 Å². The van der Waals surface area contributed by atoms with E-state index < -0.39 is 6.10 Å². The zero-order chi connectivity index (χ0) is 10.7.